The molecule has 18 heavy (non-hydrogen) atoms. The van der Waals surface area contributed by atoms with Crippen LogP contribution in [0.5, 0.6) is 0 Å². The number of hydrogen-bond donors (Lipinski definition) is 1. The molecule has 0 fully saturated rings. The number of rotatable bonds is 7. The summed E-state index contributed by atoms with van der Waals surface area (Å²) in [5.41, 5.74) is 7.94. The van der Waals surface area contributed by atoms with E-state index in [0.29, 0.717) is 0 Å². The second kappa shape index (κ2) is 7.24. The zero-order valence-electron chi connectivity index (χ0n) is 11.7. The highest BCUT2D eigenvalue weighted by Gasteiger charge is 2.34. The molecule has 1 nitrogen and oxygen atoms in total. The maximum atomic E-state index is 6.48. The lowest BCUT2D eigenvalue weighted by molar-refractivity contribution is 0.300. The number of nitrogens with two attached hydrogens (primary N) is 1. The van der Waals surface area contributed by atoms with E-state index in [9.17, 15) is 0 Å². The van der Waals surface area contributed by atoms with Crippen LogP contribution in [0, 0.1) is 12.3 Å². The molecule has 1 aromatic carbocycles. The van der Waals surface area contributed by atoms with Gasteiger partial charge < -0.3 is 5.73 Å². The smallest absolute Gasteiger partial charge is 0.0136 e. The molecular weight excluding hydrogens is 218 g/mol. The van der Waals surface area contributed by atoms with Crippen LogP contribution in [-0.2, 0) is 5.41 Å². The van der Waals surface area contributed by atoms with Gasteiger partial charge in [0.05, 0.1) is 0 Å². The van der Waals surface area contributed by atoms with Crippen molar-refractivity contribution in [3.05, 3.63) is 35.9 Å². The summed E-state index contributed by atoms with van der Waals surface area (Å²) >= 11 is 0. The van der Waals surface area contributed by atoms with E-state index < -0.39 is 0 Å². The fraction of sp³-hybridized carbons (Fsp3) is 0.529. The summed E-state index contributed by atoms with van der Waals surface area (Å²) in [7, 11) is 0. The van der Waals surface area contributed by atoms with Gasteiger partial charge in [-0.2, -0.15) is 0 Å². The zero-order valence-corrected chi connectivity index (χ0v) is 11.7. The Morgan fingerprint density at radius 1 is 1.22 bits per heavy atom. The molecule has 0 aliphatic carbocycles. The van der Waals surface area contributed by atoms with Gasteiger partial charge in [0.15, 0.2) is 0 Å². The lowest BCUT2D eigenvalue weighted by atomic mass is 9.69. The summed E-state index contributed by atoms with van der Waals surface area (Å²) < 4.78 is 0. The first-order chi connectivity index (χ1) is 8.71. The van der Waals surface area contributed by atoms with Gasteiger partial charge in [0.1, 0.15) is 0 Å². The van der Waals surface area contributed by atoms with Gasteiger partial charge in [-0.25, -0.2) is 0 Å². The average molecular weight is 243 g/mol. The largest absolute Gasteiger partial charge is 0.327 e. The van der Waals surface area contributed by atoms with E-state index in [4.69, 9.17) is 12.2 Å². The molecular formula is C17H25N. The third-order valence-corrected chi connectivity index (χ3v) is 4.16. The average Bonchev–Trinajstić information content (AvgIpc) is 2.42. The summed E-state index contributed by atoms with van der Waals surface area (Å²) in [5, 5.41) is 0. The molecule has 1 atom stereocenters. The van der Waals surface area contributed by atoms with Gasteiger partial charge >= 0.3 is 0 Å². The minimum atomic E-state index is 0.0931. The van der Waals surface area contributed by atoms with Gasteiger partial charge in [0.2, 0.25) is 0 Å². The molecule has 0 saturated carbocycles. The molecule has 0 saturated heterocycles. The first kappa shape index (κ1) is 14.8. The van der Waals surface area contributed by atoms with Gasteiger partial charge in [-0.1, -0.05) is 44.2 Å². The topological polar surface area (TPSA) is 26.0 Å². The standard InChI is InChI=1S/C17H25N/c1-4-7-9-14-16(18)17(5-2,6-3)15-12-10-8-11-13-15/h1,8,10-13,16H,5-7,9,14,18H2,2-3H3. The fourth-order valence-corrected chi connectivity index (χ4v) is 2.87. The number of terminal acetylenes is 1. The Labute approximate surface area is 112 Å². The van der Waals surface area contributed by atoms with Crippen LogP contribution < -0.4 is 5.73 Å². The van der Waals surface area contributed by atoms with E-state index in [0.717, 1.165) is 32.1 Å². The van der Waals surface area contributed by atoms with Crippen LogP contribution >= 0.6 is 0 Å². The highest BCUT2D eigenvalue weighted by molar-refractivity contribution is 5.27. The monoisotopic (exact) mass is 243 g/mol. The van der Waals surface area contributed by atoms with E-state index in [1.54, 1.807) is 0 Å². The van der Waals surface area contributed by atoms with Crippen LogP contribution in [0.4, 0.5) is 0 Å². The van der Waals surface area contributed by atoms with Crippen LogP contribution in [0.25, 0.3) is 0 Å². The Hall–Kier alpha value is -1.26. The molecule has 2 N–H and O–H groups in total. The molecule has 0 spiro atoms. The molecule has 1 rings (SSSR count). The first-order valence-corrected chi connectivity index (χ1v) is 6.95. The summed E-state index contributed by atoms with van der Waals surface area (Å²) in [6, 6.07) is 10.8. The van der Waals surface area contributed by atoms with E-state index in [-0.39, 0.29) is 11.5 Å². The van der Waals surface area contributed by atoms with Gasteiger partial charge in [0, 0.05) is 17.9 Å². The van der Waals surface area contributed by atoms with Crippen molar-refractivity contribution >= 4 is 0 Å². The minimum Gasteiger partial charge on any atom is -0.327 e. The summed E-state index contributed by atoms with van der Waals surface area (Å²) in [4.78, 5) is 0. The van der Waals surface area contributed by atoms with E-state index in [2.05, 4.69) is 50.1 Å². The molecule has 0 aliphatic heterocycles. The molecule has 1 heteroatoms. The molecule has 0 bridgehead atoms. The molecule has 0 radical (unpaired) electrons. The van der Waals surface area contributed by atoms with Crippen molar-refractivity contribution < 1.29 is 0 Å². The highest BCUT2D eigenvalue weighted by Crippen LogP contribution is 2.36. The third-order valence-electron chi connectivity index (χ3n) is 4.16. The Balaban J connectivity index is 2.90. The number of unbranched alkanes of at least 4 members (excludes halogenated alkanes) is 1. The normalized spacial score (nSPS) is 13.0. The van der Waals surface area contributed by atoms with Crippen LogP contribution in [0.15, 0.2) is 30.3 Å². The van der Waals surface area contributed by atoms with Crippen molar-refractivity contribution in [2.45, 2.75) is 57.4 Å². The molecule has 0 aromatic heterocycles. The molecule has 0 amide bonds. The second-order valence-electron chi connectivity index (χ2n) is 4.93. The molecule has 1 unspecified atom stereocenters. The second-order valence-corrected chi connectivity index (χ2v) is 4.93. The SMILES string of the molecule is C#CCCCC(N)C(CC)(CC)c1ccccc1. The Kier molecular flexibility index (Phi) is 5.95. The highest BCUT2D eigenvalue weighted by atomic mass is 14.7. The van der Waals surface area contributed by atoms with E-state index in [1.165, 1.54) is 5.56 Å². The summed E-state index contributed by atoms with van der Waals surface area (Å²) in [6.45, 7) is 4.47. The molecule has 0 heterocycles. The van der Waals surface area contributed by atoms with Gasteiger partial charge in [0.25, 0.3) is 0 Å². The van der Waals surface area contributed by atoms with Crippen molar-refractivity contribution in [2.24, 2.45) is 5.73 Å². The minimum absolute atomic E-state index is 0.0931. The maximum absolute atomic E-state index is 6.48. The number of benzene rings is 1. The fourth-order valence-electron chi connectivity index (χ4n) is 2.87. The lowest BCUT2D eigenvalue weighted by Gasteiger charge is -2.38. The zero-order chi connectivity index (χ0) is 13.4. The van der Waals surface area contributed by atoms with Crippen molar-refractivity contribution in [1.82, 2.24) is 0 Å². The predicted octanol–water partition coefficient (Wildman–Crippen LogP) is 3.88. The van der Waals surface area contributed by atoms with E-state index in [1.807, 2.05) is 0 Å². The van der Waals surface area contributed by atoms with E-state index >= 15 is 0 Å². The van der Waals surface area contributed by atoms with Crippen molar-refractivity contribution in [2.75, 3.05) is 0 Å². The first-order valence-electron chi connectivity index (χ1n) is 6.95. The van der Waals surface area contributed by atoms with Crippen LogP contribution in [-0.4, -0.2) is 6.04 Å². The molecule has 1 aromatic rings. The van der Waals surface area contributed by atoms with Crippen LogP contribution in [0.2, 0.25) is 0 Å². The lowest BCUT2D eigenvalue weighted by Crippen LogP contribution is -2.44. The van der Waals surface area contributed by atoms with Gasteiger partial charge in [-0.3, -0.25) is 0 Å². The predicted molar refractivity (Wildman–Crippen MR) is 79.4 cm³/mol. The van der Waals surface area contributed by atoms with Crippen molar-refractivity contribution in [3.63, 3.8) is 0 Å². The van der Waals surface area contributed by atoms with Crippen molar-refractivity contribution in [1.29, 1.82) is 0 Å². The number of hydrogen-bond acceptors (Lipinski definition) is 1. The maximum Gasteiger partial charge on any atom is 0.0136 e. The Morgan fingerprint density at radius 2 is 1.83 bits per heavy atom. The van der Waals surface area contributed by atoms with Crippen molar-refractivity contribution in [3.8, 4) is 12.3 Å². The van der Waals surface area contributed by atoms with Gasteiger partial charge in [-0.05, 0) is 31.2 Å². The summed E-state index contributed by atoms with van der Waals surface area (Å²) in [6.07, 6.45) is 10.3. The summed E-state index contributed by atoms with van der Waals surface area (Å²) in [5.74, 6) is 2.69. The van der Waals surface area contributed by atoms with Crippen LogP contribution in [0.1, 0.15) is 51.5 Å². The van der Waals surface area contributed by atoms with Crippen LogP contribution in [0.3, 0.4) is 0 Å². The molecule has 0 aliphatic rings. The quantitative estimate of drug-likeness (QED) is 0.571. The Morgan fingerprint density at radius 3 is 2.33 bits per heavy atom. The van der Waals surface area contributed by atoms with Gasteiger partial charge in [-0.15, -0.1) is 12.3 Å². The third kappa shape index (κ3) is 3.15. The molecule has 98 valence electrons. The Bertz CT molecular complexity index is 370.